The lowest BCUT2D eigenvalue weighted by atomic mass is 10.2. The first kappa shape index (κ1) is 17.2. The summed E-state index contributed by atoms with van der Waals surface area (Å²) in [6, 6.07) is 22.8. The number of hydrogen-bond acceptors (Lipinski definition) is 3. The molecule has 0 bridgehead atoms. The highest BCUT2D eigenvalue weighted by Gasteiger charge is 2.33. The molecule has 0 aliphatic heterocycles. The van der Waals surface area contributed by atoms with Crippen LogP contribution in [0.25, 0.3) is 0 Å². The van der Waals surface area contributed by atoms with Gasteiger partial charge in [-0.15, -0.1) is 0 Å². The number of benzene rings is 2. The molecule has 5 heteroatoms. The van der Waals surface area contributed by atoms with Gasteiger partial charge >= 0.3 is 0 Å². The van der Waals surface area contributed by atoms with Gasteiger partial charge in [-0.1, -0.05) is 60.7 Å². The molecule has 1 amide bonds. The van der Waals surface area contributed by atoms with Crippen molar-refractivity contribution in [2.75, 3.05) is 0 Å². The third-order valence-corrected chi connectivity index (χ3v) is 4.71. The molecule has 27 heavy (non-hydrogen) atoms. The largest absolute Gasteiger partial charge is 0.330 e. The Kier molecular flexibility index (Phi) is 4.83. The van der Waals surface area contributed by atoms with Crippen molar-refractivity contribution in [3.63, 3.8) is 0 Å². The number of nitrogens with zero attached hydrogens (tertiary/aromatic N) is 3. The summed E-state index contributed by atoms with van der Waals surface area (Å²) in [6.45, 7) is 0.909. The molecule has 0 atom stereocenters. The summed E-state index contributed by atoms with van der Waals surface area (Å²) >= 11 is 0. The zero-order valence-electron chi connectivity index (χ0n) is 15.0. The molecule has 0 radical (unpaired) electrons. The van der Waals surface area contributed by atoms with E-state index in [1.807, 2.05) is 65.6 Å². The molecule has 0 saturated heterocycles. The summed E-state index contributed by atoms with van der Waals surface area (Å²) < 4.78 is 1.36. The third kappa shape index (κ3) is 4.14. The third-order valence-electron chi connectivity index (χ3n) is 4.71. The van der Waals surface area contributed by atoms with Gasteiger partial charge in [-0.2, -0.15) is 5.10 Å². The van der Waals surface area contributed by atoms with E-state index in [1.165, 1.54) is 16.8 Å². The molecule has 1 saturated carbocycles. The van der Waals surface area contributed by atoms with Gasteiger partial charge in [-0.05, 0) is 30.0 Å². The Labute approximate surface area is 157 Å². The van der Waals surface area contributed by atoms with Gasteiger partial charge in [0.15, 0.2) is 0 Å². The summed E-state index contributed by atoms with van der Waals surface area (Å²) in [6.07, 6.45) is 2.03. The quantitative estimate of drug-likeness (QED) is 0.680. The van der Waals surface area contributed by atoms with Crippen molar-refractivity contribution >= 4 is 5.91 Å². The van der Waals surface area contributed by atoms with Gasteiger partial charge in [0, 0.05) is 18.7 Å². The van der Waals surface area contributed by atoms with Gasteiger partial charge in [-0.25, -0.2) is 4.68 Å². The molecule has 1 aliphatic rings. The van der Waals surface area contributed by atoms with E-state index in [1.54, 1.807) is 0 Å². The van der Waals surface area contributed by atoms with Gasteiger partial charge in [-0.3, -0.25) is 9.59 Å². The minimum atomic E-state index is -0.212. The summed E-state index contributed by atoms with van der Waals surface area (Å²) in [7, 11) is 0. The van der Waals surface area contributed by atoms with Crippen LogP contribution in [0.5, 0.6) is 0 Å². The van der Waals surface area contributed by atoms with Gasteiger partial charge in [0.05, 0.1) is 6.54 Å². The zero-order valence-corrected chi connectivity index (χ0v) is 15.0. The maximum absolute atomic E-state index is 13.1. The standard InChI is InChI=1S/C22H21N3O2/c26-21-14-13-20(23-25(21)16-18-9-5-2-6-10-18)22(27)24(19-11-12-19)15-17-7-3-1-4-8-17/h1-10,13-14,19H,11-12,15-16H2. The smallest absolute Gasteiger partial charge is 0.274 e. The van der Waals surface area contributed by atoms with Crippen LogP contribution < -0.4 is 5.56 Å². The van der Waals surface area contributed by atoms with Gasteiger partial charge in [0.25, 0.3) is 11.5 Å². The Balaban J connectivity index is 1.58. The van der Waals surface area contributed by atoms with Crippen LogP contribution in [0.15, 0.2) is 77.6 Å². The summed E-state index contributed by atoms with van der Waals surface area (Å²) in [4.78, 5) is 27.1. The van der Waals surface area contributed by atoms with E-state index in [0.717, 1.165) is 24.0 Å². The summed E-state index contributed by atoms with van der Waals surface area (Å²) in [5.74, 6) is -0.122. The van der Waals surface area contributed by atoms with Crippen LogP contribution in [0.4, 0.5) is 0 Å². The minimum Gasteiger partial charge on any atom is -0.330 e. The summed E-state index contributed by atoms with van der Waals surface area (Å²) in [5.41, 5.74) is 2.17. The molecule has 0 unspecified atom stereocenters. The molecule has 0 spiro atoms. The average molecular weight is 359 g/mol. The van der Waals surface area contributed by atoms with Crippen molar-refractivity contribution in [2.45, 2.75) is 32.0 Å². The van der Waals surface area contributed by atoms with Crippen molar-refractivity contribution in [3.8, 4) is 0 Å². The van der Waals surface area contributed by atoms with Crippen LogP contribution in [0.3, 0.4) is 0 Å². The van der Waals surface area contributed by atoms with Crippen molar-refractivity contribution in [3.05, 3.63) is 100.0 Å². The second kappa shape index (κ2) is 7.58. The Morgan fingerprint density at radius 3 is 2.19 bits per heavy atom. The normalized spacial score (nSPS) is 13.3. The fourth-order valence-corrected chi connectivity index (χ4v) is 3.11. The Bertz CT molecular complexity index is 979. The number of aromatic nitrogens is 2. The predicted octanol–water partition coefficient (Wildman–Crippen LogP) is 3.10. The highest BCUT2D eigenvalue weighted by atomic mass is 16.2. The number of carbonyl (C=O) groups excluding carboxylic acids is 1. The molecule has 136 valence electrons. The van der Waals surface area contributed by atoms with Gasteiger partial charge < -0.3 is 4.90 Å². The van der Waals surface area contributed by atoms with E-state index in [2.05, 4.69) is 5.10 Å². The molecule has 1 fully saturated rings. The lowest BCUT2D eigenvalue weighted by Gasteiger charge is -2.22. The van der Waals surface area contributed by atoms with Crippen LogP contribution in [0.1, 0.15) is 34.5 Å². The molecule has 4 rings (SSSR count). The van der Waals surface area contributed by atoms with E-state index < -0.39 is 0 Å². The van der Waals surface area contributed by atoms with Gasteiger partial charge in [0.1, 0.15) is 5.69 Å². The Hall–Kier alpha value is -3.21. The molecule has 1 heterocycles. The molecule has 2 aromatic carbocycles. The maximum Gasteiger partial charge on any atom is 0.274 e. The minimum absolute atomic E-state index is 0.122. The van der Waals surface area contributed by atoms with Crippen molar-refractivity contribution in [1.82, 2.24) is 14.7 Å². The van der Waals surface area contributed by atoms with Crippen LogP contribution >= 0.6 is 0 Å². The van der Waals surface area contributed by atoms with Crippen LogP contribution in [-0.2, 0) is 13.1 Å². The van der Waals surface area contributed by atoms with Gasteiger partial charge in [0.2, 0.25) is 0 Å². The van der Waals surface area contributed by atoms with Crippen LogP contribution in [-0.4, -0.2) is 26.6 Å². The molecule has 3 aromatic rings. The Morgan fingerprint density at radius 1 is 0.926 bits per heavy atom. The summed E-state index contributed by atoms with van der Waals surface area (Å²) in [5, 5.41) is 4.35. The number of hydrogen-bond donors (Lipinski definition) is 0. The molecular weight excluding hydrogens is 338 g/mol. The fraction of sp³-hybridized carbons (Fsp3) is 0.227. The fourth-order valence-electron chi connectivity index (χ4n) is 3.11. The lowest BCUT2D eigenvalue weighted by Crippen LogP contribution is -2.35. The number of carbonyl (C=O) groups is 1. The number of amides is 1. The second-order valence-corrected chi connectivity index (χ2v) is 6.85. The van der Waals surface area contributed by atoms with E-state index >= 15 is 0 Å². The first-order chi connectivity index (χ1) is 13.2. The van der Waals surface area contributed by atoms with Crippen LogP contribution in [0.2, 0.25) is 0 Å². The monoisotopic (exact) mass is 359 g/mol. The van der Waals surface area contributed by atoms with E-state index in [9.17, 15) is 9.59 Å². The zero-order chi connectivity index (χ0) is 18.6. The highest BCUT2D eigenvalue weighted by molar-refractivity contribution is 5.92. The van der Waals surface area contributed by atoms with Crippen molar-refractivity contribution < 1.29 is 4.79 Å². The second-order valence-electron chi connectivity index (χ2n) is 6.85. The van der Waals surface area contributed by atoms with Crippen molar-refractivity contribution in [1.29, 1.82) is 0 Å². The first-order valence-corrected chi connectivity index (χ1v) is 9.18. The molecule has 0 N–H and O–H groups in total. The molecular formula is C22H21N3O2. The molecule has 1 aliphatic carbocycles. The predicted molar refractivity (Wildman–Crippen MR) is 103 cm³/mol. The average Bonchev–Trinajstić information content (AvgIpc) is 3.54. The molecule has 1 aromatic heterocycles. The van der Waals surface area contributed by atoms with E-state index in [4.69, 9.17) is 0 Å². The van der Waals surface area contributed by atoms with Crippen molar-refractivity contribution in [2.24, 2.45) is 0 Å². The SMILES string of the molecule is O=C(c1ccc(=O)n(Cc2ccccc2)n1)N(Cc1ccccc1)C1CC1. The van der Waals surface area contributed by atoms with E-state index in [-0.39, 0.29) is 17.5 Å². The maximum atomic E-state index is 13.1. The Morgan fingerprint density at radius 2 is 1.56 bits per heavy atom. The lowest BCUT2D eigenvalue weighted by molar-refractivity contribution is 0.0721. The first-order valence-electron chi connectivity index (χ1n) is 9.18. The van der Waals surface area contributed by atoms with E-state index in [0.29, 0.717) is 18.8 Å². The topological polar surface area (TPSA) is 55.2 Å². The molecule has 5 nitrogen and oxygen atoms in total. The van der Waals surface area contributed by atoms with Crippen LogP contribution in [0, 0.1) is 0 Å². The highest BCUT2D eigenvalue weighted by Crippen LogP contribution is 2.29. The number of rotatable bonds is 6.